The van der Waals surface area contributed by atoms with Crippen molar-refractivity contribution in [2.75, 3.05) is 6.54 Å². The van der Waals surface area contributed by atoms with Crippen LogP contribution < -0.4 is 5.32 Å². The van der Waals surface area contributed by atoms with Crippen LogP contribution in [0, 0.1) is 6.92 Å². The van der Waals surface area contributed by atoms with Crippen LogP contribution in [0.2, 0.25) is 0 Å². The number of halogens is 1. The van der Waals surface area contributed by atoms with Gasteiger partial charge in [-0.2, -0.15) is 0 Å². The van der Waals surface area contributed by atoms with Gasteiger partial charge in [-0.25, -0.2) is 0 Å². The summed E-state index contributed by atoms with van der Waals surface area (Å²) in [4.78, 5) is 12.3. The van der Waals surface area contributed by atoms with Crippen molar-refractivity contribution in [1.82, 2.24) is 5.32 Å². The highest BCUT2D eigenvalue weighted by Crippen LogP contribution is 2.22. The van der Waals surface area contributed by atoms with Crippen LogP contribution in [0.25, 0.3) is 0 Å². The number of rotatable bonds is 4. The predicted octanol–water partition coefficient (Wildman–Crippen LogP) is 4.47. The van der Waals surface area contributed by atoms with Gasteiger partial charge in [0.2, 0.25) is 0 Å². The molecule has 0 radical (unpaired) electrons. The van der Waals surface area contributed by atoms with E-state index in [1.807, 2.05) is 43.3 Å². The largest absolute Gasteiger partial charge is 0.351 e. The molecule has 0 aliphatic rings. The van der Waals surface area contributed by atoms with Gasteiger partial charge in [-0.05, 0) is 36.2 Å². The highest BCUT2D eigenvalue weighted by atomic mass is 79.9. The second-order valence-electron chi connectivity index (χ2n) is 5.90. The van der Waals surface area contributed by atoms with Gasteiger partial charge < -0.3 is 5.32 Å². The number of hydrogen-bond acceptors (Lipinski definition) is 1. The van der Waals surface area contributed by atoms with Gasteiger partial charge in [0.05, 0.1) is 0 Å². The zero-order chi connectivity index (χ0) is 15.5. The fraction of sp³-hybridized carbons (Fsp3) is 0.278. The van der Waals surface area contributed by atoms with Crippen LogP contribution in [-0.2, 0) is 5.41 Å². The summed E-state index contributed by atoms with van der Waals surface area (Å²) in [6.45, 7) is 6.85. The molecule has 0 saturated carbocycles. The van der Waals surface area contributed by atoms with E-state index in [0.717, 1.165) is 10.0 Å². The van der Waals surface area contributed by atoms with Crippen molar-refractivity contribution in [2.45, 2.75) is 26.2 Å². The van der Waals surface area contributed by atoms with E-state index in [2.05, 4.69) is 47.2 Å². The Morgan fingerprint density at radius 3 is 2.43 bits per heavy atom. The van der Waals surface area contributed by atoms with Gasteiger partial charge in [0.15, 0.2) is 0 Å². The summed E-state index contributed by atoms with van der Waals surface area (Å²) >= 11 is 3.45. The first-order valence-corrected chi connectivity index (χ1v) is 7.79. The highest BCUT2D eigenvalue weighted by Gasteiger charge is 2.21. The van der Waals surface area contributed by atoms with Gasteiger partial charge in [0, 0.05) is 22.0 Å². The maximum atomic E-state index is 12.3. The van der Waals surface area contributed by atoms with E-state index in [1.165, 1.54) is 5.56 Å². The predicted molar refractivity (Wildman–Crippen MR) is 90.7 cm³/mol. The molecule has 2 rings (SSSR count). The normalized spacial score (nSPS) is 11.2. The average molecular weight is 346 g/mol. The van der Waals surface area contributed by atoms with Gasteiger partial charge in [0.1, 0.15) is 0 Å². The van der Waals surface area contributed by atoms with E-state index in [0.29, 0.717) is 12.1 Å². The minimum atomic E-state index is -0.0959. The summed E-state index contributed by atoms with van der Waals surface area (Å²) in [5, 5.41) is 3.03. The van der Waals surface area contributed by atoms with Gasteiger partial charge in [-0.15, -0.1) is 0 Å². The van der Waals surface area contributed by atoms with Crippen molar-refractivity contribution in [3.05, 3.63) is 69.7 Å². The average Bonchev–Trinajstić information content (AvgIpc) is 2.48. The van der Waals surface area contributed by atoms with Crippen molar-refractivity contribution in [2.24, 2.45) is 0 Å². The molecule has 0 saturated heterocycles. The molecule has 0 aliphatic heterocycles. The molecule has 0 atom stereocenters. The van der Waals surface area contributed by atoms with Crippen molar-refractivity contribution in [1.29, 1.82) is 0 Å². The summed E-state index contributed by atoms with van der Waals surface area (Å²) in [6.07, 6.45) is 0. The Hall–Kier alpha value is -1.61. The first-order valence-electron chi connectivity index (χ1n) is 7.00. The number of benzene rings is 2. The third-order valence-electron chi connectivity index (χ3n) is 3.67. The number of aryl methyl sites for hydroxylation is 1. The van der Waals surface area contributed by atoms with E-state index >= 15 is 0 Å². The second-order valence-corrected chi connectivity index (χ2v) is 6.75. The Bertz CT molecular complexity index is 635. The minimum Gasteiger partial charge on any atom is -0.351 e. The molecular weight excluding hydrogens is 326 g/mol. The van der Waals surface area contributed by atoms with Crippen LogP contribution in [-0.4, -0.2) is 12.5 Å². The molecule has 2 aromatic rings. The van der Waals surface area contributed by atoms with E-state index < -0.39 is 0 Å². The van der Waals surface area contributed by atoms with E-state index in [-0.39, 0.29) is 11.3 Å². The monoisotopic (exact) mass is 345 g/mol. The standard InChI is InChI=1S/C18H20BrNO/c1-13-11-14(9-10-16(13)19)17(21)20-12-18(2,3)15-7-5-4-6-8-15/h4-11H,12H2,1-3H3,(H,20,21). The number of amides is 1. The van der Waals surface area contributed by atoms with E-state index in [9.17, 15) is 4.79 Å². The number of nitrogens with one attached hydrogen (secondary N) is 1. The Labute approximate surface area is 134 Å². The molecule has 3 heteroatoms. The molecule has 0 aromatic heterocycles. The quantitative estimate of drug-likeness (QED) is 0.870. The fourth-order valence-electron chi connectivity index (χ4n) is 2.18. The van der Waals surface area contributed by atoms with Gasteiger partial charge >= 0.3 is 0 Å². The van der Waals surface area contributed by atoms with Crippen molar-refractivity contribution in [3.63, 3.8) is 0 Å². The molecule has 1 amide bonds. The summed E-state index contributed by atoms with van der Waals surface area (Å²) in [5.41, 5.74) is 2.88. The smallest absolute Gasteiger partial charge is 0.251 e. The highest BCUT2D eigenvalue weighted by molar-refractivity contribution is 9.10. The van der Waals surface area contributed by atoms with Crippen molar-refractivity contribution < 1.29 is 4.79 Å². The first kappa shape index (κ1) is 15.8. The molecule has 0 spiro atoms. The molecular formula is C18H20BrNO. The summed E-state index contributed by atoms with van der Waals surface area (Å²) in [7, 11) is 0. The SMILES string of the molecule is Cc1cc(C(=O)NCC(C)(C)c2ccccc2)ccc1Br. The molecule has 21 heavy (non-hydrogen) atoms. The summed E-state index contributed by atoms with van der Waals surface area (Å²) in [6, 6.07) is 15.9. The Kier molecular flexibility index (Phi) is 4.84. The molecule has 1 N–H and O–H groups in total. The molecule has 2 aromatic carbocycles. The zero-order valence-electron chi connectivity index (χ0n) is 12.6. The molecule has 0 unspecified atom stereocenters. The number of carbonyl (C=O) groups is 1. The van der Waals surface area contributed by atoms with Crippen LogP contribution in [0.1, 0.15) is 35.3 Å². The molecule has 0 aliphatic carbocycles. The first-order chi connectivity index (χ1) is 9.90. The fourth-order valence-corrected chi connectivity index (χ4v) is 2.43. The molecule has 0 heterocycles. The van der Waals surface area contributed by atoms with Gasteiger partial charge in [-0.3, -0.25) is 4.79 Å². The lowest BCUT2D eigenvalue weighted by Crippen LogP contribution is -2.36. The number of carbonyl (C=O) groups excluding carboxylic acids is 1. The maximum Gasteiger partial charge on any atom is 0.251 e. The lowest BCUT2D eigenvalue weighted by atomic mass is 9.84. The van der Waals surface area contributed by atoms with Crippen LogP contribution in [0.5, 0.6) is 0 Å². The van der Waals surface area contributed by atoms with Crippen molar-refractivity contribution >= 4 is 21.8 Å². The van der Waals surface area contributed by atoms with E-state index in [1.54, 1.807) is 0 Å². The topological polar surface area (TPSA) is 29.1 Å². The Morgan fingerprint density at radius 1 is 1.14 bits per heavy atom. The molecule has 0 fully saturated rings. The van der Waals surface area contributed by atoms with E-state index in [4.69, 9.17) is 0 Å². The second kappa shape index (κ2) is 6.44. The number of hydrogen-bond donors (Lipinski definition) is 1. The van der Waals surface area contributed by atoms with Crippen LogP contribution in [0.4, 0.5) is 0 Å². The van der Waals surface area contributed by atoms with Crippen LogP contribution in [0.3, 0.4) is 0 Å². The Balaban J connectivity index is 2.05. The molecule has 0 bridgehead atoms. The lowest BCUT2D eigenvalue weighted by molar-refractivity contribution is 0.0945. The molecule has 2 nitrogen and oxygen atoms in total. The summed E-state index contributed by atoms with van der Waals surface area (Å²) in [5.74, 6) is -0.0328. The lowest BCUT2D eigenvalue weighted by Gasteiger charge is -2.25. The van der Waals surface area contributed by atoms with Crippen molar-refractivity contribution in [3.8, 4) is 0 Å². The summed E-state index contributed by atoms with van der Waals surface area (Å²) < 4.78 is 1.02. The Morgan fingerprint density at radius 2 is 1.81 bits per heavy atom. The maximum absolute atomic E-state index is 12.3. The van der Waals surface area contributed by atoms with Crippen LogP contribution >= 0.6 is 15.9 Å². The third-order valence-corrected chi connectivity index (χ3v) is 4.56. The molecule has 110 valence electrons. The van der Waals surface area contributed by atoms with Gasteiger partial charge in [0.25, 0.3) is 5.91 Å². The van der Waals surface area contributed by atoms with Gasteiger partial charge in [-0.1, -0.05) is 60.1 Å². The van der Waals surface area contributed by atoms with Crippen LogP contribution in [0.15, 0.2) is 53.0 Å². The zero-order valence-corrected chi connectivity index (χ0v) is 14.2. The third kappa shape index (κ3) is 3.94. The minimum absolute atomic E-state index is 0.0328.